The molecule has 8 heteroatoms. The van der Waals surface area contributed by atoms with Crippen molar-refractivity contribution in [1.29, 1.82) is 0 Å². The van der Waals surface area contributed by atoms with Crippen LogP contribution in [0.3, 0.4) is 0 Å². The van der Waals surface area contributed by atoms with Crippen LogP contribution in [0.5, 0.6) is 5.75 Å². The Morgan fingerprint density at radius 3 is 2.55 bits per heavy atom. The summed E-state index contributed by atoms with van der Waals surface area (Å²) < 4.78 is 34.2. The van der Waals surface area contributed by atoms with Crippen LogP contribution in [0, 0.1) is 0 Å². The van der Waals surface area contributed by atoms with Crippen LogP contribution >= 0.6 is 0 Å². The van der Waals surface area contributed by atoms with E-state index in [0.717, 1.165) is 44.9 Å². The average Bonchev–Trinajstić information content (AvgIpc) is 2.93. The number of hydrogen-bond donors (Lipinski definition) is 1. The van der Waals surface area contributed by atoms with Gasteiger partial charge in [0.25, 0.3) is 10.0 Å². The van der Waals surface area contributed by atoms with Crippen LogP contribution in [-0.4, -0.2) is 63.9 Å². The summed E-state index contributed by atoms with van der Waals surface area (Å²) in [6.07, 6.45) is 1.03. The Balaban J connectivity index is 1.37. The van der Waals surface area contributed by atoms with Crippen molar-refractivity contribution in [2.45, 2.75) is 17.9 Å². The zero-order valence-corrected chi connectivity index (χ0v) is 17.4. The molecule has 154 valence electrons. The molecule has 0 bridgehead atoms. The molecule has 1 saturated heterocycles. The lowest BCUT2D eigenvalue weighted by Gasteiger charge is -2.24. The first-order valence-corrected chi connectivity index (χ1v) is 11.2. The normalized spacial score (nSPS) is 19.6. The number of hydrogen-bond acceptors (Lipinski definition) is 6. The summed E-state index contributed by atoms with van der Waals surface area (Å²) in [5.41, 5.74) is 1.84. The van der Waals surface area contributed by atoms with Crippen LogP contribution in [0.15, 0.2) is 57.8 Å². The fourth-order valence-electron chi connectivity index (χ4n) is 3.82. The van der Waals surface area contributed by atoms with E-state index in [1.807, 2.05) is 18.2 Å². The summed E-state index contributed by atoms with van der Waals surface area (Å²) in [4.78, 5) is 4.93. The predicted molar refractivity (Wildman–Crippen MR) is 114 cm³/mol. The van der Waals surface area contributed by atoms with Gasteiger partial charge >= 0.3 is 0 Å². The molecule has 0 atom stereocenters. The van der Waals surface area contributed by atoms with E-state index in [4.69, 9.17) is 4.74 Å². The fourth-order valence-corrected chi connectivity index (χ4v) is 4.96. The van der Waals surface area contributed by atoms with E-state index < -0.39 is 10.0 Å². The molecule has 2 aliphatic rings. The number of anilines is 1. The van der Waals surface area contributed by atoms with Crippen molar-refractivity contribution in [1.82, 2.24) is 9.80 Å². The van der Waals surface area contributed by atoms with Gasteiger partial charge in [0.15, 0.2) is 0 Å². The monoisotopic (exact) mass is 414 g/mol. The molecule has 7 nitrogen and oxygen atoms in total. The SMILES string of the molecule is COc1cccc(CN2CCCN(CC3=NS(=O)(=O)c4ccccc4N3)CC2)c1. The molecular weight excluding hydrogens is 388 g/mol. The Morgan fingerprint density at radius 2 is 1.76 bits per heavy atom. The molecule has 29 heavy (non-hydrogen) atoms. The number of benzene rings is 2. The summed E-state index contributed by atoms with van der Waals surface area (Å²) in [5.74, 6) is 1.37. The van der Waals surface area contributed by atoms with Crippen LogP contribution in [0.1, 0.15) is 12.0 Å². The second-order valence-corrected chi connectivity index (χ2v) is 8.96. The third-order valence-electron chi connectivity index (χ3n) is 5.27. The molecular formula is C21H26N4O3S. The summed E-state index contributed by atoms with van der Waals surface area (Å²) >= 11 is 0. The first kappa shape index (κ1) is 19.9. The van der Waals surface area contributed by atoms with Gasteiger partial charge in [-0.1, -0.05) is 24.3 Å². The largest absolute Gasteiger partial charge is 0.497 e. The van der Waals surface area contributed by atoms with E-state index >= 15 is 0 Å². The van der Waals surface area contributed by atoms with Crippen molar-refractivity contribution in [3.8, 4) is 5.75 Å². The smallest absolute Gasteiger partial charge is 0.286 e. The van der Waals surface area contributed by atoms with Crippen LogP contribution < -0.4 is 10.1 Å². The Hall–Kier alpha value is -2.42. The van der Waals surface area contributed by atoms with Gasteiger partial charge in [0.2, 0.25) is 0 Å². The number of nitrogens with zero attached hydrogens (tertiary/aromatic N) is 3. The number of para-hydroxylation sites is 1. The molecule has 4 rings (SSSR count). The first-order valence-electron chi connectivity index (χ1n) is 9.81. The summed E-state index contributed by atoms with van der Waals surface area (Å²) in [7, 11) is -1.95. The Morgan fingerprint density at radius 1 is 1.00 bits per heavy atom. The van der Waals surface area contributed by atoms with Crippen LogP contribution in [0.2, 0.25) is 0 Å². The maximum Gasteiger partial charge on any atom is 0.286 e. The number of sulfonamides is 1. The molecule has 0 aromatic heterocycles. The van der Waals surface area contributed by atoms with E-state index in [-0.39, 0.29) is 4.90 Å². The van der Waals surface area contributed by atoms with Crippen LogP contribution in [0.4, 0.5) is 5.69 Å². The van der Waals surface area contributed by atoms with Gasteiger partial charge in [-0.15, -0.1) is 4.40 Å². The van der Waals surface area contributed by atoms with Crippen molar-refractivity contribution < 1.29 is 13.2 Å². The van der Waals surface area contributed by atoms with E-state index in [2.05, 4.69) is 31.6 Å². The van der Waals surface area contributed by atoms with Gasteiger partial charge in [0.05, 0.1) is 19.3 Å². The molecule has 2 aromatic carbocycles. The maximum absolute atomic E-state index is 12.4. The molecule has 0 radical (unpaired) electrons. The van der Waals surface area contributed by atoms with Crippen molar-refractivity contribution in [2.75, 3.05) is 45.2 Å². The lowest BCUT2D eigenvalue weighted by atomic mass is 10.2. The van der Waals surface area contributed by atoms with Gasteiger partial charge in [-0.2, -0.15) is 8.42 Å². The summed E-state index contributed by atoms with van der Waals surface area (Å²) in [6.45, 7) is 5.10. The zero-order valence-electron chi connectivity index (χ0n) is 16.5. The highest BCUT2D eigenvalue weighted by Crippen LogP contribution is 2.26. The van der Waals surface area contributed by atoms with E-state index in [9.17, 15) is 8.42 Å². The van der Waals surface area contributed by atoms with Gasteiger partial charge in [-0.3, -0.25) is 9.80 Å². The quantitative estimate of drug-likeness (QED) is 0.810. The van der Waals surface area contributed by atoms with Crippen LogP contribution in [-0.2, 0) is 16.6 Å². The topological polar surface area (TPSA) is 74.2 Å². The van der Waals surface area contributed by atoms with E-state index in [1.165, 1.54) is 5.56 Å². The summed E-state index contributed by atoms with van der Waals surface area (Å²) in [5, 5.41) is 3.19. The van der Waals surface area contributed by atoms with Crippen LogP contribution in [0.25, 0.3) is 0 Å². The van der Waals surface area contributed by atoms with Crippen molar-refractivity contribution in [2.24, 2.45) is 4.40 Å². The lowest BCUT2D eigenvalue weighted by Crippen LogP contribution is -2.38. The second-order valence-electron chi connectivity index (χ2n) is 7.39. The van der Waals surface area contributed by atoms with Gasteiger partial charge in [-0.25, -0.2) is 0 Å². The zero-order chi connectivity index (χ0) is 20.3. The van der Waals surface area contributed by atoms with Crippen molar-refractivity contribution in [3.05, 3.63) is 54.1 Å². The molecule has 0 amide bonds. The van der Waals surface area contributed by atoms with Crippen molar-refractivity contribution in [3.63, 3.8) is 0 Å². The van der Waals surface area contributed by atoms with E-state index in [0.29, 0.717) is 18.1 Å². The minimum Gasteiger partial charge on any atom is -0.497 e. The second kappa shape index (κ2) is 8.52. The lowest BCUT2D eigenvalue weighted by molar-refractivity contribution is 0.264. The maximum atomic E-state index is 12.4. The van der Waals surface area contributed by atoms with Gasteiger partial charge < -0.3 is 10.1 Å². The Labute approximate surface area is 172 Å². The average molecular weight is 415 g/mol. The highest BCUT2D eigenvalue weighted by atomic mass is 32.2. The third-order valence-corrected chi connectivity index (χ3v) is 6.64. The molecule has 0 aliphatic carbocycles. The standard InChI is InChI=1S/C21H26N4O3S/c1-28-18-7-4-6-17(14-18)15-24-10-5-11-25(13-12-24)16-21-22-19-8-2-3-9-20(19)29(26,27)23-21/h2-4,6-9,14H,5,10-13,15-16H2,1H3,(H,22,23). The molecule has 0 spiro atoms. The number of rotatable bonds is 5. The molecule has 0 saturated carbocycles. The predicted octanol–water partition coefficient (Wildman–Crippen LogP) is 2.42. The first-order chi connectivity index (χ1) is 14.0. The number of ether oxygens (including phenoxy) is 1. The number of amidine groups is 1. The molecule has 2 aliphatic heterocycles. The van der Waals surface area contributed by atoms with Gasteiger partial charge in [0, 0.05) is 19.6 Å². The fraction of sp³-hybridized carbons (Fsp3) is 0.381. The molecule has 2 heterocycles. The molecule has 1 fully saturated rings. The third kappa shape index (κ3) is 4.77. The number of methoxy groups -OCH3 is 1. The highest BCUT2D eigenvalue weighted by Gasteiger charge is 2.26. The minimum absolute atomic E-state index is 0.240. The minimum atomic E-state index is -3.63. The Bertz CT molecular complexity index is 1010. The molecule has 1 N–H and O–H groups in total. The molecule has 2 aromatic rings. The van der Waals surface area contributed by atoms with E-state index in [1.54, 1.807) is 25.3 Å². The number of nitrogens with one attached hydrogen (secondary N) is 1. The molecule has 0 unspecified atom stereocenters. The Kier molecular flexibility index (Phi) is 5.84. The highest BCUT2D eigenvalue weighted by molar-refractivity contribution is 7.90. The van der Waals surface area contributed by atoms with Gasteiger partial charge in [-0.05, 0) is 49.3 Å². The number of fused-ring (bicyclic) bond motifs is 1. The summed E-state index contributed by atoms with van der Waals surface area (Å²) in [6, 6.07) is 15.1. The van der Waals surface area contributed by atoms with Gasteiger partial charge in [0.1, 0.15) is 16.5 Å². The van der Waals surface area contributed by atoms with Crippen molar-refractivity contribution >= 4 is 21.5 Å².